The lowest BCUT2D eigenvalue weighted by molar-refractivity contribution is 0.232. The third-order valence-corrected chi connectivity index (χ3v) is 2.51. The van der Waals surface area contributed by atoms with E-state index in [0.717, 1.165) is 18.3 Å². The molecule has 0 aliphatic rings. The SMILES string of the molecule is CC(C)CCCCNc1cc(OC(C)C)ncn1. The Morgan fingerprint density at radius 2 is 1.94 bits per heavy atom. The number of hydrogen-bond donors (Lipinski definition) is 1. The van der Waals surface area contributed by atoms with Crippen molar-refractivity contribution >= 4 is 5.82 Å². The van der Waals surface area contributed by atoms with E-state index in [2.05, 4.69) is 29.1 Å². The predicted octanol–water partition coefficient (Wildman–Crippen LogP) is 3.50. The highest BCUT2D eigenvalue weighted by Gasteiger charge is 2.01. The number of nitrogens with one attached hydrogen (secondary N) is 1. The van der Waals surface area contributed by atoms with Gasteiger partial charge in [0.2, 0.25) is 5.88 Å². The molecule has 1 N–H and O–H groups in total. The first-order chi connectivity index (χ1) is 8.58. The van der Waals surface area contributed by atoms with Crippen LogP contribution in [0.3, 0.4) is 0 Å². The smallest absolute Gasteiger partial charge is 0.218 e. The molecule has 4 heteroatoms. The molecule has 0 unspecified atom stereocenters. The maximum atomic E-state index is 5.52. The summed E-state index contributed by atoms with van der Waals surface area (Å²) in [5.41, 5.74) is 0. The Hall–Kier alpha value is -1.32. The summed E-state index contributed by atoms with van der Waals surface area (Å²) in [7, 11) is 0. The molecule has 0 saturated heterocycles. The molecule has 0 saturated carbocycles. The van der Waals surface area contributed by atoms with Gasteiger partial charge in [-0.1, -0.05) is 26.7 Å². The summed E-state index contributed by atoms with van der Waals surface area (Å²) in [5.74, 6) is 2.25. The van der Waals surface area contributed by atoms with Gasteiger partial charge in [0.1, 0.15) is 12.1 Å². The highest BCUT2D eigenvalue weighted by Crippen LogP contribution is 2.13. The summed E-state index contributed by atoms with van der Waals surface area (Å²) in [4.78, 5) is 8.25. The number of aromatic nitrogens is 2. The lowest BCUT2D eigenvalue weighted by Gasteiger charge is -2.10. The molecule has 0 aromatic carbocycles. The van der Waals surface area contributed by atoms with Gasteiger partial charge in [0.25, 0.3) is 0 Å². The van der Waals surface area contributed by atoms with Gasteiger partial charge in [0.15, 0.2) is 0 Å². The van der Waals surface area contributed by atoms with E-state index in [1.165, 1.54) is 25.6 Å². The molecular formula is C14H25N3O. The molecule has 0 aliphatic heterocycles. The Bertz CT molecular complexity index is 340. The minimum Gasteiger partial charge on any atom is -0.475 e. The van der Waals surface area contributed by atoms with E-state index in [-0.39, 0.29) is 6.10 Å². The first-order valence-electron chi connectivity index (χ1n) is 6.80. The topological polar surface area (TPSA) is 47.0 Å². The number of anilines is 1. The van der Waals surface area contributed by atoms with Crippen LogP contribution in [0.1, 0.15) is 47.0 Å². The molecule has 0 bridgehead atoms. The van der Waals surface area contributed by atoms with E-state index < -0.39 is 0 Å². The van der Waals surface area contributed by atoms with Crippen molar-refractivity contribution in [3.63, 3.8) is 0 Å². The molecule has 0 amide bonds. The third-order valence-electron chi connectivity index (χ3n) is 2.51. The van der Waals surface area contributed by atoms with Crippen LogP contribution in [-0.4, -0.2) is 22.6 Å². The Labute approximate surface area is 110 Å². The van der Waals surface area contributed by atoms with Crippen molar-refractivity contribution in [3.8, 4) is 5.88 Å². The first-order valence-corrected chi connectivity index (χ1v) is 6.80. The Morgan fingerprint density at radius 1 is 1.17 bits per heavy atom. The summed E-state index contributed by atoms with van der Waals surface area (Å²) in [6, 6.07) is 1.85. The Balaban J connectivity index is 2.29. The molecule has 4 nitrogen and oxygen atoms in total. The second-order valence-electron chi connectivity index (χ2n) is 5.22. The number of nitrogens with zero attached hydrogens (tertiary/aromatic N) is 2. The van der Waals surface area contributed by atoms with E-state index in [1.807, 2.05) is 19.9 Å². The van der Waals surface area contributed by atoms with Crippen molar-refractivity contribution in [1.82, 2.24) is 9.97 Å². The second-order valence-corrected chi connectivity index (χ2v) is 5.22. The molecule has 1 aromatic heterocycles. The largest absolute Gasteiger partial charge is 0.475 e. The lowest BCUT2D eigenvalue weighted by atomic mass is 10.1. The zero-order valence-corrected chi connectivity index (χ0v) is 11.9. The highest BCUT2D eigenvalue weighted by molar-refractivity contribution is 5.36. The van der Waals surface area contributed by atoms with Crippen molar-refractivity contribution in [2.75, 3.05) is 11.9 Å². The number of rotatable bonds is 8. The van der Waals surface area contributed by atoms with Gasteiger partial charge in [-0.15, -0.1) is 0 Å². The van der Waals surface area contributed by atoms with E-state index in [1.54, 1.807) is 0 Å². The summed E-state index contributed by atoms with van der Waals surface area (Å²) in [5, 5.41) is 3.30. The maximum absolute atomic E-state index is 5.52. The minimum absolute atomic E-state index is 0.138. The van der Waals surface area contributed by atoms with Gasteiger partial charge in [-0.2, -0.15) is 0 Å². The summed E-state index contributed by atoms with van der Waals surface area (Å²) in [6.07, 6.45) is 5.38. The van der Waals surface area contributed by atoms with Gasteiger partial charge in [0, 0.05) is 12.6 Å². The van der Waals surface area contributed by atoms with Crippen LogP contribution < -0.4 is 10.1 Å². The Kier molecular flexibility index (Phi) is 6.47. The van der Waals surface area contributed by atoms with Crippen LogP contribution in [-0.2, 0) is 0 Å². The summed E-state index contributed by atoms with van der Waals surface area (Å²) >= 11 is 0. The van der Waals surface area contributed by atoms with Crippen LogP contribution in [0.25, 0.3) is 0 Å². The average Bonchev–Trinajstić information content (AvgIpc) is 2.27. The molecule has 0 aliphatic carbocycles. The van der Waals surface area contributed by atoms with Crippen LogP contribution in [0.4, 0.5) is 5.82 Å². The van der Waals surface area contributed by atoms with Crippen molar-refractivity contribution < 1.29 is 4.74 Å². The van der Waals surface area contributed by atoms with Gasteiger partial charge in [-0.05, 0) is 26.2 Å². The van der Waals surface area contributed by atoms with E-state index in [4.69, 9.17) is 4.74 Å². The van der Waals surface area contributed by atoms with E-state index in [9.17, 15) is 0 Å². The molecule has 18 heavy (non-hydrogen) atoms. The molecule has 0 fully saturated rings. The van der Waals surface area contributed by atoms with E-state index in [0.29, 0.717) is 5.88 Å². The standard InChI is InChI=1S/C14H25N3O/c1-11(2)7-5-6-8-15-13-9-14(17-10-16-13)18-12(3)4/h9-12H,5-8H2,1-4H3,(H,15,16,17). The quantitative estimate of drug-likeness (QED) is 0.718. The number of hydrogen-bond acceptors (Lipinski definition) is 4. The average molecular weight is 251 g/mol. The van der Waals surface area contributed by atoms with Crippen molar-refractivity contribution in [2.24, 2.45) is 5.92 Å². The summed E-state index contributed by atoms with van der Waals surface area (Å²) < 4.78 is 5.52. The zero-order valence-electron chi connectivity index (χ0n) is 11.9. The van der Waals surface area contributed by atoms with Gasteiger partial charge >= 0.3 is 0 Å². The monoisotopic (exact) mass is 251 g/mol. The first kappa shape index (κ1) is 14.7. The van der Waals surface area contributed by atoms with Crippen LogP contribution in [0.15, 0.2) is 12.4 Å². The van der Waals surface area contributed by atoms with Crippen LogP contribution in [0, 0.1) is 5.92 Å². The highest BCUT2D eigenvalue weighted by atomic mass is 16.5. The molecule has 0 atom stereocenters. The van der Waals surface area contributed by atoms with Crippen LogP contribution in [0.5, 0.6) is 5.88 Å². The second kappa shape index (κ2) is 7.90. The molecule has 1 heterocycles. The maximum Gasteiger partial charge on any atom is 0.218 e. The van der Waals surface area contributed by atoms with Gasteiger partial charge < -0.3 is 10.1 Å². The van der Waals surface area contributed by atoms with Gasteiger partial charge in [0.05, 0.1) is 6.10 Å². The lowest BCUT2D eigenvalue weighted by Crippen LogP contribution is -2.09. The minimum atomic E-state index is 0.138. The predicted molar refractivity (Wildman–Crippen MR) is 75.0 cm³/mol. The molecule has 1 aromatic rings. The normalized spacial score (nSPS) is 11.0. The fourth-order valence-corrected chi connectivity index (χ4v) is 1.64. The summed E-state index contributed by atoms with van der Waals surface area (Å²) in [6.45, 7) is 9.44. The Morgan fingerprint density at radius 3 is 2.61 bits per heavy atom. The zero-order chi connectivity index (χ0) is 13.4. The van der Waals surface area contributed by atoms with Crippen molar-refractivity contribution in [1.29, 1.82) is 0 Å². The molecule has 102 valence electrons. The van der Waals surface area contributed by atoms with Crippen molar-refractivity contribution in [2.45, 2.75) is 53.1 Å². The van der Waals surface area contributed by atoms with Gasteiger partial charge in [-0.25, -0.2) is 9.97 Å². The fraction of sp³-hybridized carbons (Fsp3) is 0.714. The number of unbranched alkanes of at least 4 members (excludes halogenated alkanes) is 1. The van der Waals surface area contributed by atoms with Crippen LogP contribution >= 0.6 is 0 Å². The molecular weight excluding hydrogens is 226 g/mol. The van der Waals surface area contributed by atoms with E-state index >= 15 is 0 Å². The molecule has 0 spiro atoms. The van der Waals surface area contributed by atoms with Gasteiger partial charge in [-0.3, -0.25) is 0 Å². The van der Waals surface area contributed by atoms with Crippen molar-refractivity contribution in [3.05, 3.63) is 12.4 Å². The number of ether oxygens (including phenoxy) is 1. The molecule has 0 radical (unpaired) electrons. The fourth-order valence-electron chi connectivity index (χ4n) is 1.64. The van der Waals surface area contributed by atoms with Crippen LogP contribution in [0.2, 0.25) is 0 Å². The molecule has 1 rings (SSSR count). The third kappa shape index (κ3) is 6.42.